The Hall–Kier alpha value is -0.840. The minimum atomic E-state index is -0.0319. The number of nitriles is 1. The van der Waals surface area contributed by atoms with Gasteiger partial charge < -0.3 is 0 Å². The van der Waals surface area contributed by atoms with Gasteiger partial charge in [-0.3, -0.25) is 4.79 Å². The first-order valence-corrected chi connectivity index (χ1v) is 4.46. The van der Waals surface area contributed by atoms with E-state index in [2.05, 4.69) is 6.07 Å². The van der Waals surface area contributed by atoms with Crippen molar-refractivity contribution < 1.29 is 4.79 Å². The topological polar surface area (TPSA) is 40.9 Å². The highest BCUT2D eigenvalue weighted by Gasteiger charge is 2.23. The summed E-state index contributed by atoms with van der Waals surface area (Å²) in [5.74, 6) is 0.409. The third-order valence-electron chi connectivity index (χ3n) is 2.64. The lowest BCUT2D eigenvalue weighted by Gasteiger charge is -2.19. The molecule has 0 saturated carbocycles. The van der Waals surface area contributed by atoms with Crippen LogP contribution in [0.15, 0.2) is 0 Å². The molecule has 0 radical (unpaired) electrons. The Kier molecular flexibility index (Phi) is 4.58. The number of ketones is 1. The molecule has 0 saturated heterocycles. The monoisotopic (exact) mass is 167 g/mol. The van der Waals surface area contributed by atoms with Gasteiger partial charge in [0.2, 0.25) is 0 Å². The van der Waals surface area contributed by atoms with Crippen LogP contribution in [0.4, 0.5) is 0 Å². The highest BCUT2D eigenvalue weighted by molar-refractivity contribution is 5.80. The standard InChI is InChI=1S/C10H17NO/c1-5-10(12)9(4)8(3)7(2)6-11/h7-9H,5H2,1-4H3/t7?,8-,9?/m0/s1. The summed E-state index contributed by atoms with van der Waals surface area (Å²) in [6.45, 7) is 7.60. The number of carbonyl (C=O) groups excluding carboxylic acids is 1. The van der Waals surface area contributed by atoms with E-state index in [0.717, 1.165) is 0 Å². The Labute approximate surface area is 74.6 Å². The average Bonchev–Trinajstić information content (AvgIpc) is 2.12. The summed E-state index contributed by atoms with van der Waals surface area (Å²) in [4.78, 5) is 11.3. The maximum Gasteiger partial charge on any atom is 0.135 e. The minimum absolute atomic E-state index is 0.0182. The first-order valence-electron chi connectivity index (χ1n) is 4.46. The van der Waals surface area contributed by atoms with Crippen LogP contribution in [0.2, 0.25) is 0 Å². The first kappa shape index (κ1) is 11.2. The fourth-order valence-electron chi connectivity index (χ4n) is 1.17. The summed E-state index contributed by atoms with van der Waals surface area (Å²) in [6.07, 6.45) is 0.573. The van der Waals surface area contributed by atoms with Gasteiger partial charge in [0, 0.05) is 18.3 Å². The molecule has 0 N–H and O–H groups in total. The molecule has 0 aliphatic carbocycles. The van der Waals surface area contributed by atoms with Crippen LogP contribution < -0.4 is 0 Å². The Morgan fingerprint density at radius 1 is 1.42 bits per heavy atom. The molecule has 0 aromatic carbocycles. The van der Waals surface area contributed by atoms with Gasteiger partial charge in [-0.1, -0.05) is 20.8 Å². The third-order valence-corrected chi connectivity index (χ3v) is 2.64. The van der Waals surface area contributed by atoms with Crippen molar-refractivity contribution in [2.75, 3.05) is 0 Å². The molecule has 0 amide bonds. The highest BCUT2D eigenvalue weighted by Crippen LogP contribution is 2.21. The molecule has 0 aliphatic heterocycles. The SMILES string of the molecule is CCC(=O)C(C)[C@@H](C)C(C)C#N. The lowest BCUT2D eigenvalue weighted by Crippen LogP contribution is -2.22. The molecule has 0 fully saturated rings. The molecule has 12 heavy (non-hydrogen) atoms. The van der Waals surface area contributed by atoms with Gasteiger partial charge in [0.25, 0.3) is 0 Å². The van der Waals surface area contributed by atoms with Crippen LogP contribution in [0.25, 0.3) is 0 Å². The molecule has 2 nitrogen and oxygen atoms in total. The van der Waals surface area contributed by atoms with Gasteiger partial charge in [0.1, 0.15) is 5.78 Å². The lowest BCUT2D eigenvalue weighted by molar-refractivity contribution is -0.123. The maximum atomic E-state index is 11.3. The van der Waals surface area contributed by atoms with Crippen molar-refractivity contribution >= 4 is 5.78 Å². The molecule has 0 aliphatic rings. The molecular formula is C10H17NO. The molecule has 3 atom stereocenters. The predicted octanol–water partition coefficient (Wildman–Crippen LogP) is 2.40. The third kappa shape index (κ3) is 2.65. The molecule has 2 unspecified atom stereocenters. The lowest BCUT2D eigenvalue weighted by atomic mass is 9.83. The summed E-state index contributed by atoms with van der Waals surface area (Å²) in [7, 11) is 0. The molecular weight excluding hydrogens is 150 g/mol. The summed E-state index contributed by atoms with van der Waals surface area (Å²) in [5.41, 5.74) is 0. The van der Waals surface area contributed by atoms with E-state index in [0.29, 0.717) is 6.42 Å². The molecule has 2 heteroatoms. The summed E-state index contributed by atoms with van der Waals surface area (Å²) >= 11 is 0. The zero-order chi connectivity index (χ0) is 9.72. The van der Waals surface area contributed by atoms with Gasteiger partial charge in [0.15, 0.2) is 0 Å². The van der Waals surface area contributed by atoms with Crippen molar-refractivity contribution in [1.82, 2.24) is 0 Å². The van der Waals surface area contributed by atoms with Crippen molar-refractivity contribution in [3.8, 4) is 6.07 Å². The molecule has 0 aromatic heterocycles. The van der Waals surface area contributed by atoms with Gasteiger partial charge in [-0.2, -0.15) is 5.26 Å². The molecule has 0 rings (SSSR count). The Morgan fingerprint density at radius 3 is 2.25 bits per heavy atom. The van der Waals surface area contributed by atoms with Gasteiger partial charge in [-0.05, 0) is 12.8 Å². The largest absolute Gasteiger partial charge is 0.299 e. The first-order chi connectivity index (χ1) is 5.54. The van der Waals surface area contributed by atoms with Crippen LogP contribution in [0, 0.1) is 29.1 Å². The molecule has 0 bridgehead atoms. The van der Waals surface area contributed by atoms with Crippen molar-refractivity contribution in [2.45, 2.75) is 34.1 Å². The second-order valence-electron chi connectivity index (χ2n) is 3.39. The zero-order valence-electron chi connectivity index (χ0n) is 8.29. The fourth-order valence-corrected chi connectivity index (χ4v) is 1.17. The van der Waals surface area contributed by atoms with E-state index < -0.39 is 0 Å². The molecule has 0 spiro atoms. The Balaban J connectivity index is 4.20. The van der Waals surface area contributed by atoms with E-state index in [1.165, 1.54) is 0 Å². The van der Waals surface area contributed by atoms with E-state index in [1.807, 2.05) is 27.7 Å². The zero-order valence-corrected chi connectivity index (χ0v) is 8.29. The van der Waals surface area contributed by atoms with Crippen molar-refractivity contribution in [3.05, 3.63) is 0 Å². The molecule has 0 aromatic rings. The summed E-state index contributed by atoms with van der Waals surface area (Å²) < 4.78 is 0. The van der Waals surface area contributed by atoms with E-state index in [9.17, 15) is 4.79 Å². The Bertz CT molecular complexity index is 193. The quantitative estimate of drug-likeness (QED) is 0.645. The summed E-state index contributed by atoms with van der Waals surface area (Å²) in [5, 5.41) is 8.65. The number of hydrogen-bond donors (Lipinski definition) is 0. The smallest absolute Gasteiger partial charge is 0.135 e. The maximum absolute atomic E-state index is 11.3. The normalized spacial score (nSPS) is 17.6. The number of rotatable bonds is 4. The molecule has 68 valence electrons. The number of Topliss-reactive ketones (excluding diaryl/α,β-unsaturated/α-hetero) is 1. The highest BCUT2D eigenvalue weighted by atomic mass is 16.1. The average molecular weight is 167 g/mol. The van der Waals surface area contributed by atoms with E-state index in [4.69, 9.17) is 5.26 Å². The van der Waals surface area contributed by atoms with Crippen LogP contribution in [-0.4, -0.2) is 5.78 Å². The van der Waals surface area contributed by atoms with E-state index >= 15 is 0 Å². The van der Waals surface area contributed by atoms with Crippen LogP contribution in [0.3, 0.4) is 0 Å². The summed E-state index contributed by atoms with van der Waals surface area (Å²) in [6, 6.07) is 2.17. The second-order valence-corrected chi connectivity index (χ2v) is 3.39. The fraction of sp³-hybridized carbons (Fsp3) is 0.800. The van der Waals surface area contributed by atoms with E-state index in [-0.39, 0.29) is 23.5 Å². The number of carbonyl (C=O) groups is 1. The van der Waals surface area contributed by atoms with Gasteiger partial charge >= 0.3 is 0 Å². The van der Waals surface area contributed by atoms with Gasteiger partial charge in [-0.15, -0.1) is 0 Å². The van der Waals surface area contributed by atoms with Crippen LogP contribution in [-0.2, 0) is 4.79 Å². The van der Waals surface area contributed by atoms with Crippen LogP contribution in [0.5, 0.6) is 0 Å². The van der Waals surface area contributed by atoms with Crippen LogP contribution in [0.1, 0.15) is 34.1 Å². The Morgan fingerprint density at radius 2 is 1.92 bits per heavy atom. The number of nitrogens with zero attached hydrogens (tertiary/aromatic N) is 1. The second kappa shape index (κ2) is 4.92. The van der Waals surface area contributed by atoms with Crippen molar-refractivity contribution in [3.63, 3.8) is 0 Å². The van der Waals surface area contributed by atoms with E-state index in [1.54, 1.807) is 0 Å². The van der Waals surface area contributed by atoms with Gasteiger partial charge in [0.05, 0.1) is 6.07 Å². The predicted molar refractivity (Wildman–Crippen MR) is 48.4 cm³/mol. The minimum Gasteiger partial charge on any atom is -0.299 e. The number of hydrogen-bond acceptors (Lipinski definition) is 2. The van der Waals surface area contributed by atoms with Gasteiger partial charge in [-0.25, -0.2) is 0 Å². The molecule has 0 heterocycles. The van der Waals surface area contributed by atoms with Crippen molar-refractivity contribution in [1.29, 1.82) is 5.26 Å². The van der Waals surface area contributed by atoms with Crippen molar-refractivity contribution in [2.24, 2.45) is 17.8 Å². The van der Waals surface area contributed by atoms with Crippen LogP contribution >= 0.6 is 0 Å².